The first kappa shape index (κ1) is 53.7. The third-order valence-corrected chi connectivity index (χ3v) is 12.4. The molecule has 4 N–H and O–H groups in total. The van der Waals surface area contributed by atoms with Crippen LogP contribution in [0.15, 0.2) is 72.8 Å². The average molecular weight is 1070 g/mol. The molecule has 0 amide bonds. The Morgan fingerprint density at radius 3 is 1.14 bits per heavy atom. The van der Waals surface area contributed by atoms with Crippen LogP contribution in [0.25, 0.3) is 0 Å². The summed E-state index contributed by atoms with van der Waals surface area (Å²) in [5, 5.41) is 0.967. The maximum atomic E-state index is 14.9. The van der Waals surface area contributed by atoms with Gasteiger partial charge < -0.3 is 39.9 Å². The van der Waals surface area contributed by atoms with Crippen molar-refractivity contribution < 1.29 is 48.4 Å². The summed E-state index contributed by atoms with van der Waals surface area (Å²) in [4.78, 5) is 14.9. The number of rotatable bonds is 9. The minimum absolute atomic E-state index is 0.104. The van der Waals surface area contributed by atoms with E-state index in [2.05, 4.69) is 117 Å². The molecule has 0 aromatic heterocycles. The molecule has 2 heterocycles. The van der Waals surface area contributed by atoms with Crippen molar-refractivity contribution in [2.45, 2.75) is 12.1 Å². The van der Waals surface area contributed by atoms with E-state index in [0.29, 0.717) is 22.1 Å². The molecule has 0 bridgehead atoms. The molecule has 334 valence electrons. The Bertz CT molecular complexity index is 2960. The Hall–Kier alpha value is -7.95. The van der Waals surface area contributed by atoms with Crippen molar-refractivity contribution >= 4 is 51.6 Å². The number of carbonyl (C=O) groups is 1. The topological polar surface area (TPSA) is 124 Å². The zero-order valence-electron chi connectivity index (χ0n) is 36.4. The van der Waals surface area contributed by atoms with Gasteiger partial charge in [0.2, 0.25) is 19.4 Å². The second-order valence-corrected chi connectivity index (χ2v) is 19.0. The molecule has 0 saturated carbocycles. The second-order valence-electron chi connectivity index (χ2n) is 12.7. The summed E-state index contributed by atoms with van der Waals surface area (Å²) in [6, 6.07) is 21.5. The van der Waals surface area contributed by atoms with Crippen LogP contribution in [-0.2, 0) is 15.1 Å². The Morgan fingerprint density at radius 1 is 0.536 bits per heavy atom. The van der Waals surface area contributed by atoms with Gasteiger partial charge in [-0.1, -0.05) is 24.3 Å². The number of nitrogens with two attached hydrogens (primary N) is 2. The normalized spacial score (nSPS) is 10.7. The van der Waals surface area contributed by atoms with E-state index in [9.17, 15) is 4.79 Å². The number of terminal acetylenes is 4. The number of ketones is 1. The van der Waals surface area contributed by atoms with Gasteiger partial charge in [-0.3, -0.25) is 4.79 Å². The van der Waals surface area contributed by atoms with Crippen molar-refractivity contribution in [1.82, 2.24) is 0 Å². The molecule has 0 saturated heterocycles. The van der Waals surface area contributed by atoms with Gasteiger partial charge in [0.15, 0.2) is 38.8 Å². The second kappa shape index (κ2) is 29.6. The Morgan fingerprint density at radius 2 is 0.855 bits per heavy atom. The third-order valence-electron chi connectivity index (χ3n) is 9.00. The van der Waals surface area contributed by atoms with Crippen LogP contribution in [-0.4, -0.2) is 33.6 Å². The van der Waals surface area contributed by atoms with Crippen molar-refractivity contribution in [2.75, 3.05) is 27.8 Å². The molecular formula is C55H34Cl2N2O7P2Ru+4. The number of methoxy groups -OCH3 is 2. The van der Waals surface area contributed by atoms with E-state index in [1.807, 2.05) is 48.5 Å². The van der Waals surface area contributed by atoms with Crippen LogP contribution in [0.1, 0.15) is 39.1 Å². The third kappa shape index (κ3) is 15.6. The zero-order chi connectivity index (χ0) is 49.8. The molecule has 4 aromatic rings. The first-order valence-corrected chi connectivity index (χ1v) is 26.8. The summed E-state index contributed by atoms with van der Waals surface area (Å²) >= 11 is -0.346. The van der Waals surface area contributed by atoms with Crippen molar-refractivity contribution in [3.8, 4) is 178 Å². The maximum absolute atomic E-state index is 14.9. The fourth-order valence-corrected chi connectivity index (χ4v) is 8.85. The summed E-state index contributed by atoms with van der Waals surface area (Å²) in [6.45, 7) is -0.209. The summed E-state index contributed by atoms with van der Waals surface area (Å²) in [5.41, 5.74) is 26.9. The fraction of sp³-hybridized carbons (Fsp3) is 0.109. The average Bonchev–Trinajstić information content (AvgIpc) is 4.08. The standard InChI is InChI=1S/C39H12O5P2.C16H20N2O2.2ClH.Ru/c1-5-9-13-17-25-45(26-18-14-10-6-2)33-23-21-31-38(43-29-41-31)35(33)37(40)36-34(24-22-32-39(36)44-30-42-32)46(27-19-15-11-7-3)28-20-16-12-8-4;1-19-13-7-3-11(4-8-13)15(17)16(18)12-5-9-14(20-2)10-6-12;;;/h1-4,21-24H,29-30H2;3-10,15-16H,17-18H2,1-2H3;2*1H;/q;;;;+4. The monoisotopic (exact) mass is 1070 g/mol. The first-order valence-electron chi connectivity index (χ1n) is 19.4. The van der Waals surface area contributed by atoms with Gasteiger partial charge in [0, 0.05) is 59.4 Å². The molecule has 2 aliphatic heterocycles. The van der Waals surface area contributed by atoms with E-state index in [1.54, 1.807) is 38.5 Å². The predicted octanol–water partition coefficient (Wildman–Crippen LogP) is 6.22. The fourth-order valence-electron chi connectivity index (χ4n) is 5.98. The van der Waals surface area contributed by atoms with Crippen LogP contribution in [0, 0.1) is 143 Å². The number of halogens is 2. The Balaban J connectivity index is 0.000000373. The molecule has 9 nitrogen and oxygen atoms in total. The van der Waals surface area contributed by atoms with Crippen LogP contribution in [0.4, 0.5) is 0 Å². The van der Waals surface area contributed by atoms with E-state index in [-0.39, 0.29) is 63.4 Å². The molecule has 6 rings (SSSR count). The number of ether oxygens (including phenoxy) is 6. The molecule has 0 spiro atoms. The van der Waals surface area contributed by atoms with Gasteiger partial charge in [-0.05, 0) is 107 Å². The van der Waals surface area contributed by atoms with E-state index < -0.39 is 21.6 Å². The van der Waals surface area contributed by atoms with Crippen molar-refractivity contribution in [3.05, 3.63) is 95.1 Å². The molecule has 0 fully saturated rings. The molecule has 14 heteroatoms. The molecule has 0 radical (unpaired) electrons. The molecule has 2 unspecified atom stereocenters. The van der Waals surface area contributed by atoms with E-state index in [4.69, 9.17) is 85.0 Å². The Kier molecular flexibility index (Phi) is 23.1. The molecule has 2 aliphatic rings. The summed E-state index contributed by atoms with van der Waals surface area (Å²) < 4.78 is 33.2. The number of hydrogen-bond donors (Lipinski definition) is 2. The van der Waals surface area contributed by atoms with Crippen LogP contribution >= 0.6 is 35.2 Å². The summed E-state index contributed by atoms with van der Waals surface area (Å²) in [6.07, 6.45) is 21.0. The van der Waals surface area contributed by atoms with Crippen molar-refractivity contribution in [2.24, 2.45) is 11.5 Å². The summed E-state index contributed by atoms with van der Waals surface area (Å²) in [5.74, 6) is 42.1. The molecule has 0 aliphatic carbocycles. The van der Waals surface area contributed by atoms with Crippen LogP contribution in [0.3, 0.4) is 0 Å². The zero-order valence-corrected chi connectivity index (χ0v) is 41.7. The Labute approximate surface area is 421 Å². The minimum atomic E-state index is -2.19. The number of hydrogen-bond acceptors (Lipinski definition) is 9. The quantitative estimate of drug-likeness (QED) is 0.0871. The van der Waals surface area contributed by atoms with Gasteiger partial charge in [0.25, 0.3) is 0 Å². The molecular weight excluding hydrogens is 1030 g/mol. The van der Waals surface area contributed by atoms with Crippen LogP contribution < -0.4 is 50.5 Å². The van der Waals surface area contributed by atoms with E-state index in [0.717, 1.165) is 22.6 Å². The van der Waals surface area contributed by atoms with Gasteiger partial charge in [-0.15, -0.1) is 25.7 Å². The summed E-state index contributed by atoms with van der Waals surface area (Å²) in [7, 11) is 8.61. The van der Waals surface area contributed by atoms with E-state index in [1.165, 1.54) is 0 Å². The molecule has 2 atom stereocenters. The van der Waals surface area contributed by atoms with Crippen molar-refractivity contribution in [1.29, 1.82) is 0 Å². The van der Waals surface area contributed by atoms with Gasteiger partial charge in [-0.2, -0.15) is 0 Å². The predicted molar refractivity (Wildman–Crippen MR) is 274 cm³/mol. The SMILES string of the molecule is C#CC#CC#C[PH+](C#CC#CC#C)c1ccc2c(c1C(=O)c1c([PH+](C#CC#CC#C)C#CC#CC#C)ccc3c1OCO3)OCO2.COc1ccc(C(N)C(N)c2ccc(OC)cc2)cc1.[Cl][Ru+2][Cl]. The molecule has 69 heavy (non-hydrogen) atoms. The van der Waals surface area contributed by atoms with Crippen LogP contribution in [0.2, 0.25) is 0 Å². The number of carbonyl (C=O) groups excluding carboxylic acids is 1. The van der Waals surface area contributed by atoms with E-state index >= 15 is 0 Å². The van der Waals surface area contributed by atoms with Crippen LogP contribution in [0.5, 0.6) is 34.5 Å². The van der Waals surface area contributed by atoms with Gasteiger partial charge in [0.1, 0.15) is 55.9 Å². The number of fused-ring (bicyclic) bond motifs is 2. The van der Waals surface area contributed by atoms with Crippen molar-refractivity contribution in [3.63, 3.8) is 0 Å². The van der Waals surface area contributed by atoms with Gasteiger partial charge >= 0.3 is 34.5 Å². The number of benzene rings is 4. The molecule has 4 aromatic carbocycles. The first-order chi connectivity index (χ1) is 33.7. The van der Waals surface area contributed by atoms with Gasteiger partial charge in [-0.25, -0.2) is 0 Å². The van der Waals surface area contributed by atoms with Gasteiger partial charge in [0.05, 0.1) is 14.2 Å².